The fraction of sp³-hybridized carbons (Fsp3) is 0. The summed E-state index contributed by atoms with van der Waals surface area (Å²) in [5.41, 5.74) is 39.2. The molecule has 3 heteroatoms. The summed E-state index contributed by atoms with van der Waals surface area (Å²) in [5.74, 6) is 0. The van der Waals surface area contributed by atoms with Crippen molar-refractivity contribution in [1.82, 2.24) is 15.0 Å². The van der Waals surface area contributed by atoms with Crippen molar-refractivity contribution in [2.24, 2.45) is 0 Å². The van der Waals surface area contributed by atoms with E-state index in [9.17, 15) is 0 Å². The van der Waals surface area contributed by atoms with Gasteiger partial charge >= 0.3 is 0 Å². The van der Waals surface area contributed by atoms with E-state index in [1.165, 1.54) is 33.4 Å². The standard InChI is InChI=1S/C111H75N3/c1-11-35-77(36-12-1)93-73-97(105(85-45-21-6-22-46-85)109(88-51-27-9-28-52-88)103(93)83-41-17-4-18-42-83)81-61-65-90(66-62-81)108-95(79-39-15-3-16-40-79)75-96(80-59-57-76(58-60-80)92-71-101(99-55-31-33-69-112-99)114-102(72-92)100-56-32-34-70-113-100)107(87-49-25-8-26-50-87)111(108)91-67-63-82(64-68-91)98-74-94(78-37-13-2-14-38-78)104(84-43-19-5-20-44-84)110(89-53-29-10-30-54-89)106(98)86-47-23-7-24-48-86/h1-75H. The topological polar surface area (TPSA) is 38.7 Å². The van der Waals surface area contributed by atoms with Gasteiger partial charge in [0, 0.05) is 12.4 Å². The Morgan fingerprint density at radius 1 is 0.114 bits per heavy atom. The van der Waals surface area contributed by atoms with E-state index < -0.39 is 0 Å². The van der Waals surface area contributed by atoms with Crippen molar-refractivity contribution in [1.29, 1.82) is 0 Å². The minimum absolute atomic E-state index is 0.774. The third kappa shape index (κ3) is 13.7. The average molecular weight is 1450 g/mol. The monoisotopic (exact) mass is 1450 g/mol. The van der Waals surface area contributed by atoms with Crippen LogP contribution < -0.4 is 0 Å². The lowest BCUT2D eigenvalue weighted by Gasteiger charge is -2.26. The fourth-order valence-corrected chi connectivity index (χ4v) is 16.6. The molecule has 0 atom stereocenters. The Labute approximate surface area is 666 Å². The van der Waals surface area contributed by atoms with Gasteiger partial charge in [0.25, 0.3) is 0 Å². The number of hydrogen-bond acceptors (Lipinski definition) is 3. The van der Waals surface area contributed by atoms with Gasteiger partial charge in [-0.3, -0.25) is 9.97 Å². The van der Waals surface area contributed by atoms with Crippen LogP contribution in [-0.4, -0.2) is 15.0 Å². The molecule has 0 aliphatic carbocycles. The first kappa shape index (κ1) is 69.4. The molecule has 19 rings (SSSR count). The van der Waals surface area contributed by atoms with Crippen LogP contribution in [0.5, 0.6) is 0 Å². The van der Waals surface area contributed by atoms with Crippen molar-refractivity contribution >= 4 is 0 Å². The lowest BCUT2D eigenvalue weighted by Crippen LogP contribution is -1.99. The highest BCUT2D eigenvalue weighted by Gasteiger charge is 2.29. The molecule has 0 aliphatic heterocycles. The molecule has 16 aromatic carbocycles. The predicted octanol–water partition coefficient (Wildman–Crippen LogP) is 29.9. The van der Waals surface area contributed by atoms with Gasteiger partial charge in [0.2, 0.25) is 0 Å². The maximum atomic E-state index is 5.16. The van der Waals surface area contributed by atoms with E-state index in [0.29, 0.717) is 0 Å². The van der Waals surface area contributed by atoms with E-state index in [1.54, 1.807) is 0 Å². The van der Waals surface area contributed by atoms with E-state index in [1.807, 2.05) is 48.8 Å². The van der Waals surface area contributed by atoms with Crippen LogP contribution in [0, 0.1) is 0 Å². The van der Waals surface area contributed by atoms with Crippen molar-refractivity contribution in [2.75, 3.05) is 0 Å². The molecular weight excluding hydrogens is 1380 g/mol. The number of pyridine rings is 3. The summed E-state index contributed by atoms with van der Waals surface area (Å²) in [6.45, 7) is 0. The molecule has 0 saturated heterocycles. The van der Waals surface area contributed by atoms with Crippen LogP contribution in [0.3, 0.4) is 0 Å². The molecule has 0 fully saturated rings. The summed E-state index contributed by atoms with van der Waals surface area (Å²) in [5, 5.41) is 0. The third-order valence-corrected chi connectivity index (χ3v) is 21.9. The number of rotatable bonds is 18. The molecule has 3 nitrogen and oxygen atoms in total. The minimum atomic E-state index is 0.774. The van der Waals surface area contributed by atoms with Crippen LogP contribution in [0.25, 0.3) is 201 Å². The van der Waals surface area contributed by atoms with Gasteiger partial charge in [0.15, 0.2) is 0 Å². The van der Waals surface area contributed by atoms with E-state index in [-0.39, 0.29) is 0 Å². The van der Waals surface area contributed by atoms with Gasteiger partial charge in [-0.2, -0.15) is 0 Å². The zero-order valence-electron chi connectivity index (χ0n) is 62.6. The first-order valence-electron chi connectivity index (χ1n) is 38.9. The average Bonchev–Trinajstić information content (AvgIpc) is 0.739. The molecule has 114 heavy (non-hydrogen) atoms. The summed E-state index contributed by atoms with van der Waals surface area (Å²) in [6, 6.07) is 161. The van der Waals surface area contributed by atoms with Crippen LogP contribution in [0.1, 0.15) is 0 Å². The Bertz CT molecular complexity index is 6500. The number of aromatic nitrogens is 3. The summed E-state index contributed by atoms with van der Waals surface area (Å²) in [4.78, 5) is 14.7. The van der Waals surface area contributed by atoms with Gasteiger partial charge in [-0.05, 0) is 233 Å². The SMILES string of the molecule is c1ccc(-c2cc(-c3ccc(-c4c(-c5ccccc5)cc(-c5ccc(-c6cc(-c7ccccn7)nc(-c7ccccn7)c6)cc5)c(-c5ccccc5)c4-c4ccc(-c5cc(-c6ccccc6)c(-c6ccccc6)c(-c6ccccc6)c5-c5ccccc5)cc4)cc3)c(-c3ccccc3)c(-c3ccccc3)c2-c2ccccc2)cc1. The van der Waals surface area contributed by atoms with E-state index in [0.717, 1.165) is 167 Å². The smallest absolute Gasteiger partial charge is 0.0900 e. The molecule has 534 valence electrons. The Morgan fingerprint density at radius 2 is 0.289 bits per heavy atom. The highest BCUT2D eigenvalue weighted by Crippen LogP contribution is 2.56. The highest BCUT2D eigenvalue weighted by atomic mass is 14.8. The fourth-order valence-electron chi connectivity index (χ4n) is 16.6. The quantitative estimate of drug-likeness (QED) is 0.0859. The van der Waals surface area contributed by atoms with Crippen LogP contribution in [-0.2, 0) is 0 Å². The van der Waals surface area contributed by atoms with Gasteiger partial charge in [-0.15, -0.1) is 0 Å². The van der Waals surface area contributed by atoms with Gasteiger partial charge in [0.1, 0.15) is 0 Å². The summed E-state index contributed by atoms with van der Waals surface area (Å²) < 4.78 is 0. The Morgan fingerprint density at radius 3 is 0.518 bits per heavy atom. The Hall–Kier alpha value is -15.0. The second-order valence-electron chi connectivity index (χ2n) is 28.7. The first-order chi connectivity index (χ1) is 56.6. The molecule has 0 amide bonds. The second kappa shape index (κ2) is 31.5. The van der Waals surface area contributed by atoms with Gasteiger partial charge in [-0.1, -0.05) is 388 Å². The van der Waals surface area contributed by atoms with E-state index in [2.05, 4.69) is 406 Å². The van der Waals surface area contributed by atoms with Crippen molar-refractivity contribution in [2.45, 2.75) is 0 Å². The van der Waals surface area contributed by atoms with Crippen molar-refractivity contribution in [3.05, 3.63) is 455 Å². The molecule has 0 radical (unpaired) electrons. The lowest BCUT2D eigenvalue weighted by molar-refractivity contribution is 1.22. The molecular formula is C111H75N3. The molecule has 0 spiro atoms. The summed E-state index contributed by atoms with van der Waals surface area (Å²) in [7, 11) is 0. The number of nitrogens with zero attached hydrogens (tertiary/aromatic N) is 3. The predicted molar refractivity (Wildman–Crippen MR) is 478 cm³/mol. The maximum absolute atomic E-state index is 5.16. The molecule has 0 aliphatic rings. The van der Waals surface area contributed by atoms with E-state index in [4.69, 9.17) is 15.0 Å². The van der Waals surface area contributed by atoms with Crippen molar-refractivity contribution in [3.8, 4) is 201 Å². The van der Waals surface area contributed by atoms with Crippen LogP contribution in [0.2, 0.25) is 0 Å². The molecule has 0 bridgehead atoms. The zero-order valence-corrected chi connectivity index (χ0v) is 62.6. The summed E-state index contributed by atoms with van der Waals surface area (Å²) in [6.07, 6.45) is 3.64. The van der Waals surface area contributed by atoms with E-state index >= 15 is 0 Å². The van der Waals surface area contributed by atoms with Gasteiger partial charge in [-0.25, -0.2) is 4.98 Å². The molecule has 3 heterocycles. The van der Waals surface area contributed by atoms with Crippen LogP contribution in [0.15, 0.2) is 455 Å². The normalized spacial score (nSPS) is 11.2. The first-order valence-corrected chi connectivity index (χ1v) is 38.9. The second-order valence-corrected chi connectivity index (χ2v) is 28.7. The number of benzene rings is 16. The van der Waals surface area contributed by atoms with Crippen LogP contribution in [0.4, 0.5) is 0 Å². The minimum Gasteiger partial charge on any atom is -0.255 e. The lowest BCUT2D eigenvalue weighted by atomic mass is 9.77. The Balaban J connectivity index is 0.875. The Kier molecular flexibility index (Phi) is 19.2. The van der Waals surface area contributed by atoms with Crippen LogP contribution >= 0.6 is 0 Å². The molecule has 19 aromatic rings. The molecule has 0 N–H and O–H groups in total. The van der Waals surface area contributed by atoms with Gasteiger partial charge < -0.3 is 0 Å². The van der Waals surface area contributed by atoms with Crippen molar-refractivity contribution < 1.29 is 0 Å². The van der Waals surface area contributed by atoms with Gasteiger partial charge in [0.05, 0.1) is 22.8 Å². The molecule has 0 saturated carbocycles. The largest absolute Gasteiger partial charge is 0.255 e. The zero-order chi connectivity index (χ0) is 75.9. The third-order valence-electron chi connectivity index (χ3n) is 21.9. The van der Waals surface area contributed by atoms with Crippen molar-refractivity contribution in [3.63, 3.8) is 0 Å². The summed E-state index contributed by atoms with van der Waals surface area (Å²) >= 11 is 0. The molecule has 3 aromatic heterocycles. The maximum Gasteiger partial charge on any atom is 0.0900 e. The molecule has 0 unspecified atom stereocenters. The highest BCUT2D eigenvalue weighted by molar-refractivity contribution is 6.12. The number of hydrogen-bond donors (Lipinski definition) is 0.